The van der Waals surface area contributed by atoms with Crippen LogP contribution in [0.5, 0.6) is 0 Å². The molecule has 0 aliphatic heterocycles. The molecule has 3 N–H and O–H groups in total. The number of nitrogens with one attached hydrogen (secondary N) is 2. The fourth-order valence-electron chi connectivity index (χ4n) is 2.74. The molecular weight excluding hydrogens is 252 g/mol. The molecule has 0 amide bonds. The lowest BCUT2D eigenvalue weighted by atomic mass is 9.93. The number of aromatic amines is 1. The minimum Gasteiger partial charge on any atom is -0.393 e. The number of aromatic nitrogens is 3. The second-order valence-electron chi connectivity index (χ2n) is 5.40. The molecule has 5 nitrogen and oxygen atoms in total. The molecule has 0 aromatic carbocycles. The number of pyridine rings is 1. The van der Waals surface area contributed by atoms with Crippen molar-refractivity contribution in [2.45, 2.75) is 44.4 Å². The van der Waals surface area contributed by atoms with E-state index >= 15 is 0 Å². The predicted octanol–water partition coefficient (Wildman–Crippen LogP) is 1.86. The van der Waals surface area contributed by atoms with Crippen molar-refractivity contribution < 1.29 is 5.11 Å². The van der Waals surface area contributed by atoms with Gasteiger partial charge < -0.3 is 10.4 Å². The molecule has 1 saturated carbocycles. The Labute approximate surface area is 118 Å². The molecule has 0 bridgehead atoms. The Kier molecular flexibility index (Phi) is 4.08. The first kappa shape index (κ1) is 13.3. The highest BCUT2D eigenvalue weighted by Gasteiger charge is 2.19. The Hall–Kier alpha value is -1.72. The summed E-state index contributed by atoms with van der Waals surface area (Å²) in [6, 6.07) is 4.45. The Morgan fingerprint density at radius 3 is 2.85 bits per heavy atom. The molecule has 2 heterocycles. The van der Waals surface area contributed by atoms with Crippen LogP contribution in [-0.4, -0.2) is 32.4 Å². The van der Waals surface area contributed by atoms with E-state index in [0.717, 1.165) is 49.0 Å². The maximum atomic E-state index is 9.52. The molecule has 1 aliphatic rings. The summed E-state index contributed by atoms with van der Waals surface area (Å²) in [6.45, 7) is 0.793. The van der Waals surface area contributed by atoms with Crippen LogP contribution in [0.4, 0.5) is 0 Å². The van der Waals surface area contributed by atoms with Gasteiger partial charge in [-0.3, -0.25) is 10.1 Å². The number of hydrogen-bond acceptors (Lipinski definition) is 4. The molecule has 2 aromatic rings. The number of nitrogens with zero attached hydrogens (tertiary/aromatic N) is 2. The van der Waals surface area contributed by atoms with Gasteiger partial charge >= 0.3 is 0 Å². The molecule has 2 aromatic heterocycles. The average Bonchev–Trinajstić information content (AvgIpc) is 2.96. The van der Waals surface area contributed by atoms with Crippen molar-refractivity contribution in [3.05, 3.63) is 36.3 Å². The summed E-state index contributed by atoms with van der Waals surface area (Å²) in [5.74, 6) is 0. The third kappa shape index (κ3) is 3.05. The van der Waals surface area contributed by atoms with Crippen LogP contribution in [0, 0.1) is 0 Å². The monoisotopic (exact) mass is 272 g/mol. The maximum absolute atomic E-state index is 9.52. The third-order valence-corrected chi connectivity index (χ3v) is 3.95. The molecule has 0 unspecified atom stereocenters. The summed E-state index contributed by atoms with van der Waals surface area (Å²) in [6.07, 6.45) is 9.26. The van der Waals surface area contributed by atoms with E-state index in [1.54, 1.807) is 6.20 Å². The standard InChI is InChI=1S/C15H20N4O/c20-14-5-3-13(4-6-14)17-9-12-10-18-19-15(12)11-2-1-7-16-8-11/h1-2,7-8,10,13-14,17,20H,3-6,9H2,(H,18,19). The first-order chi connectivity index (χ1) is 9.83. The van der Waals surface area contributed by atoms with Crippen LogP contribution >= 0.6 is 0 Å². The van der Waals surface area contributed by atoms with Crippen molar-refractivity contribution in [1.82, 2.24) is 20.5 Å². The Morgan fingerprint density at radius 1 is 1.25 bits per heavy atom. The second kappa shape index (κ2) is 6.15. The second-order valence-corrected chi connectivity index (χ2v) is 5.40. The molecule has 0 atom stereocenters. The first-order valence-corrected chi connectivity index (χ1v) is 7.17. The summed E-state index contributed by atoms with van der Waals surface area (Å²) >= 11 is 0. The molecule has 0 radical (unpaired) electrons. The van der Waals surface area contributed by atoms with Crippen molar-refractivity contribution in [1.29, 1.82) is 0 Å². The molecular formula is C15H20N4O. The molecule has 0 spiro atoms. The van der Waals surface area contributed by atoms with E-state index in [9.17, 15) is 5.11 Å². The van der Waals surface area contributed by atoms with Crippen molar-refractivity contribution >= 4 is 0 Å². The lowest BCUT2D eigenvalue weighted by Gasteiger charge is -2.26. The van der Waals surface area contributed by atoms with Gasteiger partial charge in [-0.25, -0.2) is 0 Å². The van der Waals surface area contributed by atoms with E-state index in [2.05, 4.69) is 20.5 Å². The van der Waals surface area contributed by atoms with E-state index in [1.165, 1.54) is 0 Å². The van der Waals surface area contributed by atoms with Crippen LogP contribution in [0.1, 0.15) is 31.2 Å². The van der Waals surface area contributed by atoms with Gasteiger partial charge in [-0.2, -0.15) is 5.10 Å². The molecule has 106 valence electrons. The van der Waals surface area contributed by atoms with Crippen LogP contribution in [0.25, 0.3) is 11.3 Å². The highest BCUT2D eigenvalue weighted by Crippen LogP contribution is 2.22. The first-order valence-electron chi connectivity index (χ1n) is 7.17. The largest absolute Gasteiger partial charge is 0.393 e. The highest BCUT2D eigenvalue weighted by molar-refractivity contribution is 5.61. The molecule has 0 saturated heterocycles. The van der Waals surface area contributed by atoms with Crippen molar-refractivity contribution in [3.8, 4) is 11.3 Å². The molecule has 1 fully saturated rings. The van der Waals surface area contributed by atoms with Crippen LogP contribution in [0.2, 0.25) is 0 Å². The molecule has 5 heteroatoms. The zero-order valence-corrected chi connectivity index (χ0v) is 11.4. The van der Waals surface area contributed by atoms with Gasteiger partial charge in [0.15, 0.2) is 0 Å². The highest BCUT2D eigenvalue weighted by atomic mass is 16.3. The Morgan fingerprint density at radius 2 is 2.10 bits per heavy atom. The third-order valence-electron chi connectivity index (χ3n) is 3.95. The quantitative estimate of drug-likeness (QED) is 0.794. The lowest BCUT2D eigenvalue weighted by molar-refractivity contribution is 0.116. The molecule has 1 aliphatic carbocycles. The number of aliphatic hydroxyl groups is 1. The van der Waals surface area contributed by atoms with Crippen LogP contribution < -0.4 is 5.32 Å². The number of rotatable bonds is 4. The van der Waals surface area contributed by atoms with E-state index in [4.69, 9.17) is 0 Å². The van der Waals surface area contributed by atoms with Crippen molar-refractivity contribution in [2.75, 3.05) is 0 Å². The van der Waals surface area contributed by atoms with Gasteiger partial charge in [0, 0.05) is 36.1 Å². The fourth-order valence-corrected chi connectivity index (χ4v) is 2.74. The summed E-state index contributed by atoms with van der Waals surface area (Å²) in [5, 5.41) is 20.3. The SMILES string of the molecule is OC1CCC(NCc2cn[nH]c2-c2cccnc2)CC1. The molecule has 20 heavy (non-hydrogen) atoms. The minimum absolute atomic E-state index is 0.104. The minimum atomic E-state index is -0.104. The topological polar surface area (TPSA) is 73.8 Å². The summed E-state index contributed by atoms with van der Waals surface area (Å²) in [7, 11) is 0. The normalized spacial score (nSPS) is 22.9. The number of hydrogen-bond donors (Lipinski definition) is 3. The van der Waals surface area contributed by atoms with Gasteiger partial charge in [0.1, 0.15) is 0 Å². The number of aliphatic hydroxyl groups excluding tert-OH is 1. The average molecular weight is 272 g/mol. The summed E-state index contributed by atoms with van der Waals surface area (Å²) in [5.41, 5.74) is 3.24. The Bertz CT molecular complexity index is 532. The van der Waals surface area contributed by atoms with Gasteiger partial charge in [0.05, 0.1) is 18.0 Å². The van der Waals surface area contributed by atoms with Crippen molar-refractivity contribution in [2.24, 2.45) is 0 Å². The number of H-pyrrole nitrogens is 1. The van der Waals surface area contributed by atoms with Gasteiger partial charge in [0.2, 0.25) is 0 Å². The van der Waals surface area contributed by atoms with E-state index in [1.807, 2.05) is 24.5 Å². The smallest absolute Gasteiger partial charge is 0.0710 e. The van der Waals surface area contributed by atoms with Gasteiger partial charge in [0.25, 0.3) is 0 Å². The fraction of sp³-hybridized carbons (Fsp3) is 0.467. The molecule has 3 rings (SSSR count). The van der Waals surface area contributed by atoms with Gasteiger partial charge in [-0.05, 0) is 37.8 Å². The maximum Gasteiger partial charge on any atom is 0.0710 e. The summed E-state index contributed by atoms with van der Waals surface area (Å²) in [4.78, 5) is 4.14. The predicted molar refractivity (Wildman–Crippen MR) is 76.9 cm³/mol. The van der Waals surface area contributed by atoms with Gasteiger partial charge in [-0.1, -0.05) is 0 Å². The van der Waals surface area contributed by atoms with E-state index in [-0.39, 0.29) is 6.10 Å². The lowest BCUT2D eigenvalue weighted by Crippen LogP contribution is -2.34. The van der Waals surface area contributed by atoms with Crippen LogP contribution in [0.3, 0.4) is 0 Å². The van der Waals surface area contributed by atoms with Crippen molar-refractivity contribution in [3.63, 3.8) is 0 Å². The summed E-state index contributed by atoms with van der Waals surface area (Å²) < 4.78 is 0. The zero-order valence-electron chi connectivity index (χ0n) is 11.4. The van der Waals surface area contributed by atoms with E-state index < -0.39 is 0 Å². The zero-order chi connectivity index (χ0) is 13.8. The van der Waals surface area contributed by atoms with Crippen LogP contribution in [0.15, 0.2) is 30.7 Å². The van der Waals surface area contributed by atoms with Crippen LogP contribution in [-0.2, 0) is 6.54 Å². The Balaban J connectivity index is 1.63. The van der Waals surface area contributed by atoms with E-state index in [0.29, 0.717) is 6.04 Å². The van der Waals surface area contributed by atoms with Gasteiger partial charge in [-0.15, -0.1) is 0 Å².